The van der Waals surface area contributed by atoms with E-state index in [1.807, 2.05) is 0 Å². The van der Waals surface area contributed by atoms with Gasteiger partial charge in [0.1, 0.15) is 5.82 Å². The predicted molar refractivity (Wildman–Crippen MR) is 47.6 cm³/mol. The van der Waals surface area contributed by atoms with E-state index in [0.717, 1.165) is 0 Å². The van der Waals surface area contributed by atoms with Crippen LogP contribution in [0.5, 0.6) is 0 Å². The van der Waals surface area contributed by atoms with Gasteiger partial charge in [-0.2, -0.15) is 0 Å². The Kier molecular flexibility index (Phi) is 2.20. The van der Waals surface area contributed by atoms with E-state index in [4.69, 9.17) is 4.55 Å². The Balaban J connectivity index is 3.24. The fourth-order valence-electron chi connectivity index (χ4n) is 0.722. The van der Waals surface area contributed by atoms with Crippen molar-refractivity contribution >= 4 is 15.2 Å². The van der Waals surface area contributed by atoms with Crippen molar-refractivity contribution in [3.63, 3.8) is 0 Å². The van der Waals surface area contributed by atoms with Crippen LogP contribution in [0, 0.1) is 6.92 Å². The minimum absolute atomic E-state index is 0.419. The van der Waals surface area contributed by atoms with Gasteiger partial charge in [-0.25, -0.2) is 4.21 Å². The van der Waals surface area contributed by atoms with Crippen molar-refractivity contribution in [2.24, 2.45) is 7.05 Å². The first-order valence-electron chi connectivity index (χ1n) is 3.32. The van der Waals surface area contributed by atoms with Gasteiger partial charge >= 0.3 is 0 Å². The highest BCUT2D eigenvalue weighted by molar-refractivity contribution is 7.95. The maximum Gasteiger partial charge on any atom is 0.166 e. The van der Waals surface area contributed by atoms with Crippen LogP contribution in [-0.2, 0) is 16.9 Å². The Morgan fingerprint density at radius 1 is 1.58 bits per heavy atom. The van der Waals surface area contributed by atoms with Crippen LogP contribution in [0.1, 0.15) is 11.6 Å². The molecule has 12 heavy (non-hydrogen) atoms. The zero-order chi connectivity index (χ0) is 9.35. The molecule has 0 bridgehead atoms. The number of aryl methyl sites for hydroxylation is 1. The summed E-state index contributed by atoms with van der Waals surface area (Å²) in [6.45, 7) is 1.78. The minimum atomic E-state index is -2.88. The molecular formula is C6H11N3O2S. The largest absolute Gasteiger partial charge is 0.314 e. The highest BCUT2D eigenvalue weighted by Crippen LogP contribution is 1.94. The molecule has 1 rings (SSSR count). The summed E-state index contributed by atoms with van der Waals surface area (Å²) < 4.78 is 21.6. The lowest BCUT2D eigenvalue weighted by atomic mass is 10.6. The van der Waals surface area contributed by atoms with Gasteiger partial charge in [0.2, 0.25) is 0 Å². The topological polar surface area (TPSA) is 68.0 Å². The highest BCUT2D eigenvalue weighted by Gasteiger charge is 2.03. The molecule has 5 nitrogen and oxygen atoms in total. The molecule has 1 N–H and O–H groups in total. The Morgan fingerprint density at radius 2 is 2.17 bits per heavy atom. The predicted octanol–water partition coefficient (Wildman–Crippen LogP) is -0.339. The van der Waals surface area contributed by atoms with Crippen molar-refractivity contribution < 1.29 is 8.76 Å². The summed E-state index contributed by atoms with van der Waals surface area (Å²) in [6, 6.07) is 0. The molecule has 1 unspecified atom stereocenters. The van der Waals surface area contributed by atoms with E-state index in [1.54, 1.807) is 18.5 Å². The molecule has 0 saturated carbocycles. The summed E-state index contributed by atoms with van der Waals surface area (Å²) in [5, 5.41) is 8.67. The Hall–Kier alpha value is -0.880. The second-order valence-corrected chi connectivity index (χ2v) is 4.60. The number of nitrogens with zero attached hydrogens (tertiary/aromatic N) is 3. The normalized spacial score (nSPS) is 15.7. The number of rotatable bonds is 1. The number of aromatic nitrogens is 3. The molecule has 68 valence electrons. The van der Waals surface area contributed by atoms with E-state index in [2.05, 4.69) is 10.2 Å². The maximum absolute atomic E-state index is 10.9. The van der Waals surface area contributed by atoms with Crippen LogP contribution >= 0.6 is 0 Å². The molecule has 6 heteroatoms. The fraction of sp³-hybridized carbons (Fsp3) is 0.500. The van der Waals surface area contributed by atoms with Gasteiger partial charge in [-0.3, -0.25) is 0 Å². The fourth-order valence-corrected chi connectivity index (χ4v) is 1.32. The zero-order valence-electron chi connectivity index (χ0n) is 7.18. The molecule has 0 aliphatic rings. The number of hydrogen-bond acceptors (Lipinski definition) is 3. The van der Waals surface area contributed by atoms with Crippen molar-refractivity contribution in [3.05, 3.63) is 11.6 Å². The molecule has 0 radical (unpaired) electrons. The zero-order valence-corrected chi connectivity index (χ0v) is 8.00. The van der Waals surface area contributed by atoms with Crippen molar-refractivity contribution in [1.29, 1.82) is 0 Å². The molecular weight excluding hydrogens is 178 g/mol. The third-order valence-corrected chi connectivity index (χ3v) is 2.10. The number of hydrogen-bond donors (Lipinski definition) is 1. The molecule has 0 aromatic carbocycles. The van der Waals surface area contributed by atoms with E-state index in [9.17, 15) is 4.21 Å². The van der Waals surface area contributed by atoms with Gasteiger partial charge < -0.3 is 9.12 Å². The van der Waals surface area contributed by atoms with Crippen LogP contribution in [0.2, 0.25) is 0 Å². The summed E-state index contributed by atoms with van der Waals surface area (Å²) in [5.74, 6) is 1.13. The Bertz CT molecular complexity index is 393. The first-order chi connectivity index (χ1) is 5.40. The maximum atomic E-state index is 10.9. The first-order valence-corrected chi connectivity index (χ1v) is 5.31. The summed E-state index contributed by atoms with van der Waals surface area (Å²) >= 11 is 0. The quantitative estimate of drug-likeness (QED) is 0.614. The highest BCUT2D eigenvalue weighted by atomic mass is 32.2. The van der Waals surface area contributed by atoms with Gasteiger partial charge in [-0.05, 0) is 6.92 Å². The van der Waals surface area contributed by atoms with Gasteiger partial charge in [0.15, 0.2) is 5.82 Å². The molecule has 1 heterocycles. The summed E-state index contributed by atoms with van der Waals surface area (Å²) in [4.78, 5) is 0. The summed E-state index contributed by atoms with van der Waals surface area (Å²) in [6.07, 6.45) is 1.23. The molecule has 0 aliphatic carbocycles. The lowest BCUT2D eigenvalue weighted by molar-refractivity contribution is 0.566. The molecule has 0 saturated heterocycles. The third-order valence-electron chi connectivity index (χ3n) is 1.45. The van der Waals surface area contributed by atoms with Gasteiger partial charge in [0, 0.05) is 13.3 Å². The molecule has 1 aromatic rings. The molecule has 0 aliphatic heterocycles. The second kappa shape index (κ2) is 2.87. The monoisotopic (exact) mass is 189 g/mol. The van der Waals surface area contributed by atoms with Crippen LogP contribution in [0.15, 0.2) is 0 Å². The van der Waals surface area contributed by atoms with Crippen LogP contribution < -0.4 is 0 Å². The van der Waals surface area contributed by atoms with Gasteiger partial charge in [0.05, 0.1) is 15.2 Å². The van der Waals surface area contributed by atoms with Crippen molar-refractivity contribution in [1.82, 2.24) is 14.8 Å². The van der Waals surface area contributed by atoms with Gasteiger partial charge in [0.25, 0.3) is 0 Å². The van der Waals surface area contributed by atoms with Gasteiger partial charge in [-0.1, -0.05) is 0 Å². The van der Waals surface area contributed by atoms with Crippen molar-refractivity contribution in [2.45, 2.75) is 6.92 Å². The van der Waals surface area contributed by atoms with Crippen molar-refractivity contribution in [2.75, 3.05) is 6.26 Å². The van der Waals surface area contributed by atoms with E-state index < -0.39 is 9.80 Å². The lowest BCUT2D eigenvalue weighted by Gasteiger charge is -1.96. The van der Waals surface area contributed by atoms with Crippen LogP contribution in [0.25, 0.3) is 0 Å². The van der Waals surface area contributed by atoms with E-state index in [1.165, 1.54) is 11.6 Å². The molecule has 0 spiro atoms. The molecule has 0 amide bonds. The first kappa shape index (κ1) is 9.21. The van der Waals surface area contributed by atoms with Crippen LogP contribution in [-0.4, -0.2) is 35.1 Å². The Morgan fingerprint density at radius 3 is 2.50 bits per heavy atom. The third kappa shape index (κ3) is 2.05. The van der Waals surface area contributed by atoms with Gasteiger partial charge in [-0.15, -0.1) is 10.2 Å². The van der Waals surface area contributed by atoms with Crippen molar-refractivity contribution in [3.8, 4) is 0 Å². The average molecular weight is 189 g/mol. The molecule has 1 atom stereocenters. The summed E-state index contributed by atoms with van der Waals surface area (Å²) in [7, 11) is -1.14. The Labute approximate surface area is 71.3 Å². The minimum Gasteiger partial charge on any atom is -0.314 e. The van der Waals surface area contributed by atoms with E-state index in [-0.39, 0.29) is 0 Å². The lowest BCUT2D eigenvalue weighted by Crippen LogP contribution is -2.05. The SMILES string of the molecule is Cc1nnc(C=S(C)(=O)O)n1C. The van der Waals surface area contributed by atoms with E-state index in [0.29, 0.717) is 11.6 Å². The van der Waals surface area contributed by atoms with Crippen LogP contribution in [0.3, 0.4) is 0 Å². The molecule has 1 aromatic heterocycles. The summed E-state index contributed by atoms with van der Waals surface area (Å²) in [5.41, 5.74) is 0. The van der Waals surface area contributed by atoms with Crippen LogP contribution in [0.4, 0.5) is 0 Å². The second-order valence-electron chi connectivity index (χ2n) is 2.64. The molecule has 0 fully saturated rings. The standard InChI is InChI=1S/C6H11N3O2S/c1-5-7-8-6(9(5)2)4-12(3,10)11/h4H,1-3H3,(H,10,11). The van der Waals surface area contributed by atoms with E-state index >= 15 is 0 Å². The average Bonchev–Trinajstić information content (AvgIpc) is 2.16. The smallest absolute Gasteiger partial charge is 0.166 e.